The monoisotopic (exact) mass is 341 g/mol. The van der Waals surface area contributed by atoms with Gasteiger partial charge in [0.05, 0.1) is 12.1 Å². The molecule has 2 nitrogen and oxygen atoms in total. The van der Waals surface area contributed by atoms with Crippen molar-refractivity contribution < 1.29 is 4.74 Å². The molecule has 2 aromatic carbocycles. The molecule has 0 fully saturated rings. The zero-order chi connectivity index (χ0) is 14.7. The Bertz CT molecular complexity index is 756. The molecule has 106 valence electrons. The van der Waals surface area contributed by atoms with Gasteiger partial charge in [0.2, 0.25) is 5.88 Å². The molecule has 0 aliphatic carbocycles. The molecule has 0 aliphatic heterocycles. The SMILES string of the molecule is CCOc1nc2ccc(Br)cc2cc1Cc1ccccc1. The van der Waals surface area contributed by atoms with Crippen LogP contribution in [-0.4, -0.2) is 11.6 Å². The largest absolute Gasteiger partial charge is 0.478 e. The second-order valence-electron chi connectivity index (χ2n) is 4.89. The fourth-order valence-corrected chi connectivity index (χ4v) is 2.76. The lowest BCUT2D eigenvalue weighted by molar-refractivity contribution is 0.325. The fourth-order valence-electron chi connectivity index (χ4n) is 2.38. The summed E-state index contributed by atoms with van der Waals surface area (Å²) in [5.74, 6) is 0.733. The summed E-state index contributed by atoms with van der Waals surface area (Å²) in [6.45, 7) is 2.61. The minimum Gasteiger partial charge on any atom is -0.478 e. The van der Waals surface area contributed by atoms with Crippen LogP contribution in [0.3, 0.4) is 0 Å². The van der Waals surface area contributed by atoms with E-state index in [2.05, 4.69) is 57.3 Å². The average Bonchev–Trinajstić information content (AvgIpc) is 2.49. The van der Waals surface area contributed by atoms with Crippen LogP contribution >= 0.6 is 15.9 Å². The number of hydrogen-bond donors (Lipinski definition) is 0. The summed E-state index contributed by atoms with van der Waals surface area (Å²) >= 11 is 3.51. The van der Waals surface area contributed by atoms with Gasteiger partial charge in [0, 0.05) is 21.8 Å². The van der Waals surface area contributed by atoms with E-state index in [9.17, 15) is 0 Å². The highest BCUT2D eigenvalue weighted by atomic mass is 79.9. The van der Waals surface area contributed by atoms with Crippen molar-refractivity contribution in [3.63, 3.8) is 0 Å². The summed E-state index contributed by atoms with van der Waals surface area (Å²) in [5.41, 5.74) is 3.33. The number of nitrogens with zero attached hydrogens (tertiary/aromatic N) is 1. The lowest BCUT2D eigenvalue weighted by atomic mass is 10.0. The van der Waals surface area contributed by atoms with E-state index in [-0.39, 0.29) is 0 Å². The molecule has 0 atom stereocenters. The molecule has 1 aromatic heterocycles. The molecule has 3 heteroatoms. The summed E-state index contributed by atoms with van der Waals surface area (Å²) in [7, 11) is 0. The van der Waals surface area contributed by atoms with E-state index < -0.39 is 0 Å². The number of halogens is 1. The fraction of sp³-hybridized carbons (Fsp3) is 0.167. The first kappa shape index (κ1) is 14.1. The zero-order valence-corrected chi connectivity index (χ0v) is 13.4. The third kappa shape index (κ3) is 3.24. The topological polar surface area (TPSA) is 22.1 Å². The molecule has 0 aliphatic rings. The summed E-state index contributed by atoms with van der Waals surface area (Å²) < 4.78 is 6.79. The Morgan fingerprint density at radius 1 is 1.05 bits per heavy atom. The van der Waals surface area contributed by atoms with E-state index in [0.717, 1.165) is 33.2 Å². The maximum Gasteiger partial charge on any atom is 0.217 e. The van der Waals surface area contributed by atoms with E-state index in [1.54, 1.807) is 0 Å². The van der Waals surface area contributed by atoms with Gasteiger partial charge < -0.3 is 4.74 Å². The van der Waals surface area contributed by atoms with Gasteiger partial charge in [-0.25, -0.2) is 4.98 Å². The molecular weight excluding hydrogens is 326 g/mol. The highest BCUT2D eigenvalue weighted by Crippen LogP contribution is 2.26. The number of aromatic nitrogens is 1. The van der Waals surface area contributed by atoms with E-state index in [4.69, 9.17) is 4.74 Å². The number of ether oxygens (including phenoxy) is 1. The number of pyridine rings is 1. The maximum atomic E-state index is 5.72. The summed E-state index contributed by atoms with van der Waals surface area (Å²) in [6, 6.07) is 18.7. The molecule has 0 spiro atoms. The van der Waals surface area contributed by atoms with Crippen LogP contribution in [0.15, 0.2) is 59.1 Å². The van der Waals surface area contributed by atoms with Crippen molar-refractivity contribution in [1.29, 1.82) is 0 Å². The smallest absolute Gasteiger partial charge is 0.217 e. The summed E-state index contributed by atoms with van der Waals surface area (Å²) in [6.07, 6.45) is 0.825. The normalized spacial score (nSPS) is 10.8. The molecule has 21 heavy (non-hydrogen) atoms. The van der Waals surface area contributed by atoms with Gasteiger partial charge in [-0.15, -0.1) is 0 Å². The highest BCUT2D eigenvalue weighted by molar-refractivity contribution is 9.10. The van der Waals surface area contributed by atoms with Crippen molar-refractivity contribution >= 4 is 26.8 Å². The molecule has 3 aromatic rings. The lowest BCUT2D eigenvalue weighted by Gasteiger charge is -2.11. The Morgan fingerprint density at radius 3 is 2.62 bits per heavy atom. The van der Waals surface area contributed by atoms with Crippen molar-refractivity contribution in [1.82, 2.24) is 4.98 Å². The van der Waals surface area contributed by atoms with E-state index in [0.29, 0.717) is 6.61 Å². The zero-order valence-electron chi connectivity index (χ0n) is 11.8. The van der Waals surface area contributed by atoms with Crippen molar-refractivity contribution in [2.75, 3.05) is 6.61 Å². The van der Waals surface area contributed by atoms with Crippen LogP contribution in [0.5, 0.6) is 5.88 Å². The summed E-state index contributed by atoms with van der Waals surface area (Å²) in [4.78, 5) is 4.66. The lowest BCUT2D eigenvalue weighted by Crippen LogP contribution is -2.01. The van der Waals surface area contributed by atoms with Gasteiger partial charge in [-0.2, -0.15) is 0 Å². The molecule has 3 rings (SSSR count). The van der Waals surface area contributed by atoms with Gasteiger partial charge in [-0.3, -0.25) is 0 Å². The van der Waals surface area contributed by atoms with Crippen LogP contribution < -0.4 is 4.74 Å². The van der Waals surface area contributed by atoms with Crippen molar-refractivity contribution in [3.8, 4) is 5.88 Å². The first-order valence-electron chi connectivity index (χ1n) is 7.02. The predicted octanol–water partition coefficient (Wildman–Crippen LogP) is 4.99. The Morgan fingerprint density at radius 2 is 1.86 bits per heavy atom. The second kappa shape index (κ2) is 6.27. The Hall–Kier alpha value is -1.87. The van der Waals surface area contributed by atoms with Crippen molar-refractivity contribution in [2.45, 2.75) is 13.3 Å². The van der Waals surface area contributed by atoms with Crippen LogP contribution in [0, 0.1) is 0 Å². The van der Waals surface area contributed by atoms with Crippen molar-refractivity contribution in [3.05, 3.63) is 70.2 Å². The molecule has 0 unspecified atom stereocenters. The molecule has 0 N–H and O–H groups in total. The van der Waals surface area contributed by atoms with Crippen LogP contribution in [0.25, 0.3) is 10.9 Å². The number of rotatable bonds is 4. The van der Waals surface area contributed by atoms with Crippen LogP contribution in [0.2, 0.25) is 0 Å². The second-order valence-corrected chi connectivity index (χ2v) is 5.80. The molecule has 0 radical (unpaired) electrons. The number of hydrogen-bond acceptors (Lipinski definition) is 2. The minimum absolute atomic E-state index is 0.622. The van der Waals surface area contributed by atoms with E-state index in [1.807, 2.05) is 25.1 Å². The van der Waals surface area contributed by atoms with E-state index in [1.165, 1.54) is 5.56 Å². The quantitative estimate of drug-likeness (QED) is 0.667. The molecular formula is C18H16BrNO. The van der Waals surface area contributed by atoms with Gasteiger partial charge in [-0.1, -0.05) is 46.3 Å². The van der Waals surface area contributed by atoms with Crippen LogP contribution in [0.4, 0.5) is 0 Å². The van der Waals surface area contributed by atoms with Gasteiger partial charge in [0.1, 0.15) is 0 Å². The average molecular weight is 342 g/mol. The van der Waals surface area contributed by atoms with Gasteiger partial charge >= 0.3 is 0 Å². The first-order chi connectivity index (χ1) is 10.3. The third-order valence-electron chi connectivity index (χ3n) is 3.33. The predicted molar refractivity (Wildman–Crippen MR) is 89.9 cm³/mol. The van der Waals surface area contributed by atoms with E-state index >= 15 is 0 Å². The van der Waals surface area contributed by atoms with Gasteiger partial charge in [-0.05, 0) is 36.8 Å². The van der Waals surface area contributed by atoms with Gasteiger partial charge in [0.25, 0.3) is 0 Å². The Balaban J connectivity index is 2.07. The summed E-state index contributed by atoms with van der Waals surface area (Å²) in [5, 5.41) is 1.12. The van der Waals surface area contributed by atoms with Gasteiger partial charge in [0.15, 0.2) is 0 Å². The maximum absolute atomic E-state index is 5.72. The first-order valence-corrected chi connectivity index (χ1v) is 7.81. The Labute approximate surface area is 132 Å². The third-order valence-corrected chi connectivity index (χ3v) is 3.83. The number of fused-ring (bicyclic) bond motifs is 1. The van der Waals surface area contributed by atoms with Crippen molar-refractivity contribution in [2.24, 2.45) is 0 Å². The molecule has 0 amide bonds. The molecule has 0 saturated heterocycles. The molecule has 1 heterocycles. The standard InChI is InChI=1S/C18H16BrNO/c1-2-21-18-15(10-13-6-4-3-5-7-13)11-14-12-16(19)8-9-17(14)20-18/h3-9,11-12H,2,10H2,1H3. The van der Waals surface area contributed by atoms with Crippen LogP contribution in [-0.2, 0) is 6.42 Å². The molecule has 0 saturated carbocycles. The molecule has 0 bridgehead atoms. The minimum atomic E-state index is 0.622. The highest BCUT2D eigenvalue weighted by Gasteiger charge is 2.09. The van der Waals surface area contributed by atoms with Crippen LogP contribution in [0.1, 0.15) is 18.1 Å². The Kier molecular flexibility index (Phi) is 4.20. The number of benzene rings is 2.